The maximum atomic E-state index is 13.0. The van der Waals surface area contributed by atoms with Crippen LogP contribution in [0.25, 0.3) is 0 Å². The number of rotatable bonds is 4. The molecule has 1 amide bonds. The maximum absolute atomic E-state index is 13.0. The number of halogens is 1. The average Bonchev–Trinajstić information content (AvgIpc) is 2.15. The number of nitrogens with one attached hydrogen (secondary N) is 1. The summed E-state index contributed by atoms with van der Waals surface area (Å²) in [5.74, 6) is -0.232. The van der Waals surface area contributed by atoms with Gasteiger partial charge >= 0.3 is 0 Å². The molecule has 0 aliphatic carbocycles. The molecule has 0 aliphatic rings. The highest BCUT2D eigenvalue weighted by Crippen LogP contribution is 2.16. The van der Waals surface area contributed by atoms with E-state index in [1.807, 2.05) is 13.8 Å². The Kier molecular flexibility index (Phi) is 4.28. The van der Waals surface area contributed by atoms with Gasteiger partial charge in [0.1, 0.15) is 5.82 Å². The molecule has 0 heterocycles. The van der Waals surface area contributed by atoms with Crippen molar-refractivity contribution in [2.75, 3.05) is 11.1 Å². The Morgan fingerprint density at radius 2 is 2.19 bits per heavy atom. The van der Waals surface area contributed by atoms with Gasteiger partial charge in [-0.25, -0.2) is 4.39 Å². The predicted molar refractivity (Wildman–Crippen MR) is 63.5 cm³/mol. The molecule has 3 N–H and O–H groups in total. The molecule has 0 radical (unpaired) electrons. The first kappa shape index (κ1) is 12.5. The van der Waals surface area contributed by atoms with Crippen LogP contribution in [-0.4, -0.2) is 5.91 Å². The topological polar surface area (TPSA) is 55.1 Å². The normalized spacial score (nSPS) is 12.2. The van der Waals surface area contributed by atoms with Crippen LogP contribution in [0, 0.1) is 11.7 Å². The molecule has 0 aliphatic heterocycles. The Morgan fingerprint density at radius 3 is 2.75 bits per heavy atom. The van der Waals surface area contributed by atoms with Crippen molar-refractivity contribution in [3.05, 3.63) is 24.0 Å². The van der Waals surface area contributed by atoms with E-state index in [-0.39, 0.29) is 5.91 Å². The molecule has 0 saturated carbocycles. The molecule has 3 nitrogen and oxygen atoms in total. The minimum absolute atomic E-state index is 0.112. The molecule has 1 atom stereocenters. The van der Waals surface area contributed by atoms with Gasteiger partial charge in [0.25, 0.3) is 0 Å². The van der Waals surface area contributed by atoms with E-state index in [9.17, 15) is 9.18 Å². The Balaban J connectivity index is 2.62. The molecule has 0 bridgehead atoms. The van der Waals surface area contributed by atoms with Crippen molar-refractivity contribution in [3.8, 4) is 0 Å². The summed E-state index contributed by atoms with van der Waals surface area (Å²) in [4.78, 5) is 11.5. The lowest BCUT2D eigenvalue weighted by atomic mass is 10.1. The number of amides is 1. The summed E-state index contributed by atoms with van der Waals surface area (Å²) < 4.78 is 13.0. The molecule has 1 aromatic rings. The van der Waals surface area contributed by atoms with E-state index in [4.69, 9.17) is 5.73 Å². The molecular formula is C12H17FN2O. The van der Waals surface area contributed by atoms with E-state index in [2.05, 4.69) is 5.32 Å². The third-order valence-electron chi connectivity index (χ3n) is 2.43. The summed E-state index contributed by atoms with van der Waals surface area (Å²) in [5.41, 5.74) is 6.18. The van der Waals surface area contributed by atoms with Gasteiger partial charge in [0, 0.05) is 17.8 Å². The van der Waals surface area contributed by atoms with Gasteiger partial charge < -0.3 is 11.1 Å². The predicted octanol–water partition coefficient (Wildman–Crippen LogP) is 2.78. The summed E-state index contributed by atoms with van der Waals surface area (Å²) in [6.45, 7) is 4.03. The molecular weight excluding hydrogens is 207 g/mol. The fraction of sp³-hybridized carbons (Fsp3) is 0.417. The van der Waals surface area contributed by atoms with Crippen LogP contribution in [0.15, 0.2) is 18.2 Å². The summed E-state index contributed by atoms with van der Waals surface area (Å²) in [7, 11) is 0. The van der Waals surface area contributed by atoms with E-state index in [1.54, 1.807) is 0 Å². The Hall–Kier alpha value is -1.58. The minimum atomic E-state index is -0.446. The lowest BCUT2D eigenvalue weighted by Gasteiger charge is -2.09. The number of hydrogen-bond acceptors (Lipinski definition) is 2. The lowest BCUT2D eigenvalue weighted by Crippen LogP contribution is -2.15. The van der Waals surface area contributed by atoms with E-state index in [0.29, 0.717) is 23.7 Å². The summed E-state index contributed by atoms with van der Waals surface area (Å²) in [6, 6.07) is 4.01. The zero-order chi connectivity index (χ0) is 12.1. The highest BCUT2D eigenvalue weighted by Gasteiger charge is 2.08. The Morgan fingerprint density at radius 1 is 1.50 bits per heavy atom. The van der Waals surface area contributed by atoms with Crippen LogP contribution in [0.5, 0.6) is 0 Å². The lowest BCUT2D eigenvalue weighted by molar-refractivity contribution is -0.117. The van der Waals surface area contributed by atoms with Crippen LogP contribution < -0.4 is 11.1 Å². The second kappa shape index (κ2) is 5.49. The third-order valence-corrected chi connectivity index (χ3v) is 2.43. The highest BCUT2D eigenvalue weighted by atomic mass is 19.1. The maximum Gasteiger partial charge on any atom is 0.224 e. The monoisotopic (exact) mass is 224 g/mol. The number of carbonyl (C=O) groups excluding carboxylic acids is 1. The Bertz CT molecular complexity index is 359. The fourth-order valence-electron chi connectivity index (χ4n) is 1.36. The van der Waals surface area contributed by atoms with Crippen molar-refractivity contribution in [1.82, 2.24) is 0 Å². The standard InChI is InChI=1S/C12H17FN2O/c1-3-8(2)4-12(16)15-11-6-9(13)5-10(14)7-11/h5-8H,3-4,14H2,1-2H3,(H,15,16). The van der Waals surface area contributed by atoms with Crippen LogP contribution >= 0.6 is 0 Å². The van der Waals surface area contributed by atoms with Gasteiger partial charge in [0.15, 0.2) is 0 Å². The van der Waals surface area contributed by atoms with Gasteiger partial charge in [-0.3, -0.25) is 4.79 Å². The average molecular weight is 224 g/mol. The Labute approximate surface area is 94.8 Å². The van der Waals surface area contributed by atoms with E-state index < -0.39 is 5.82 Å². The van der Waals surface area contributed by atoms with E-state index in [1.165, 1.54) is 18.2 Å². The van der Waals surface area contributed by atoms with Crippen molar-refractivity contribution >= 4 is 17.3 Å². The molecule has 1 unspecified atom stereocenters. The molecule has 16 heavy (non-hydrogen) atoms. The summed E-state index contributed by atoms with van der Waals surface area (Å²) in [6.07, 6.45) is 1.38. The molecule has 1 aromatic carbocycles. The van der Waals surface area contributed by atoms with Gasteiger partial charge in [-0.1, -0.05) is 20.3 Å². The second-order valence-corrected chi connectivity index (χ2v) is 4.04. The van der Waals surface area contributed by atoms with Gasteiger partial charge in [-0.15, -0.1) is 0 Å². The van der Waals surface area contributed by atoms with Crippen molar-refractivity contribution in [2.24, 2.45) is 5.92 Å². The molecule has 88 valence electrons. The fourth-order valence-corrected chi connectivity index (χ4v) is 1.36. The largest absolute Gasteiger partial charge is 0.399 e. The molecule has 1 rings (SSSR count). The minimum Gasteiger partial charge on any atom is -0.399 e. The number of benzene rings is 1. The molecule has 4 heteroatoms. The first-order valence-electron chi connectivity index (χ1n) is 5.37. The molecule has 0 aromatic heterocycles. The first-order valence-corrected chi connectivity index (χ1v) is 5.37. The quantitative estimate of drug-likeness (QED) is 0.773. The highest BCUT2D eigenvalue weighted by molar-refractivity contribution is 5.91. The summed E-state index contributed by atoms with van der Waals surface area (Å²) in [5, 5.41) is 2.63. The molecule has 0 saturated heterocycles. The van der Waals surface area contributed by atoms with Crippen LogP contribution in [0.4, 0.5) is 15.8 Å². The van der Waals surface area contributed by atoms with Crippen LogP contribution in [0.3, 0.4) is 0 Å². The number of hydrogen-bond donors (Lipinski definition) is 2. The zero-order valence-corrected chi connectivity index (χ0v) is 9.59. The first-order chi connectivity index (χ1) is 7.51. The van der Waals surface area contributed by atoms with Gasteiger partial charge in [0.2, 0.25) is 5.91 Å². The van der Waals surface area contributed by atoms with Crippen LogP contribution in [0.2, 0.25) is 0 Å². The van der Waals surface area contributed by atoms with Crippen molar-refractivity contribution < 1.29 is 9.18 Å². The van der Waals surface area contributed by atoms with Gasteiger partial charge in [-0.05, 0) is 24.1 Å². The van der Waals surface area contributed by atoms with Gasteiger partial charge in [0.05, 0.1) is 0 Å². The summed E-state index contributed by atoms with van der Waals surface area (Å²) >= 11 is 0. The molecule has 0 fully saturated rings. The van der Waals surface area contributed by atoms with Crippen molar-refractivity contribution in [3.63, 3.8) is 0 Å². The zero-order valence-electron chi connectivity index (χ0n) is 9.59. The number of nitrogen functional groups attached to an aromatic ring is 1. The van der Waals surface area contributed by atoms with E-state index >= 15 is 0 Å². The van der Waals surface area contributed by atoms with Gasteiger partial charge in [-0.2, -0.15) is 0 Å². The number of carbonyl (C=O) groups is 1. The number of nitrogens with two attached hydrogens (primary N) is 1. The third kappa shape index (κ3) is 3.88. The van der Waals surface area contributed by atoms with Crippen molar-refractivity contribution in [2.45, 2.75) is 26.7 Å². The second-order valence-electron chi connectivity index (χ2n) is 4.04. The van der Waals surface area contributed by atoms with E-state index in [0.717, 1.165) is 6.42 Å². The smallest absolute Gasteiger partial charge is 0.224 e. The number of anilines is 2. The van der Waals surface area contributed by atoms with Crippen molar-refractivity contribution in [1.29, 1.82) is 0 Å². The van der Waals surface area contributed by atoms with Crippen LogP contribution in [-0.2, 0) is 4.79 Å². The van der Waals surface area contributed by atoms with Crippen LogP contribution in [0.1, 0.15) is 26.7 Å². The molecule has 0 spiro atoms. The SMILES string of the molecule is CCC(C)CC(=O)Nc1cc(N)cc(F)c1.